The molecule has 1 aromatic heterocycles. The Balaban J connectivity index is 2.14. The summed E-state index contributed by atoms with van der Waals surface area (Å²) in [7, 11) is 3.14. The number of nitrogens with two attached hydrogens (primary N) is 1. The lowest BCUT2D eigenvalue weighted by molar-refractivity contribution is 0.0457. The van der Waals surface area contributed by atoms with E-state index < -0.39 is 5.91 Å². The molecule has 2 aromatic carbocycles. The molecule has 0 unspecified atom stereocenters. The monoisotopic (exact) mass is 440 g/mol. The lowest BCUT2D eigenvalue weighted by Crippen LogP contribution is -2.14. The average molecular weight is 440 g/mol. The third-order valence-electron chi connectivity index (χ3n) is 5.03. The minimum absolute atomic E-state index is 0.0857. The summed E-state index contributed by atoms with van der Waals surface area (Å²) in [5.41, 5.74) is 9.55. The highest BCUT2D eigenvalue weighted by molar-refractivity contribution is 5.91. The molecule has 0 atom stereocenters. The summed E-state index contributed by atoms with van der Waals surface area (Å²) in [4.78, 5) is 15.6. The van der Waals surface area contributed by atoms with Crippen LogP contribution in [0.3, 0.4) is 0 Å². The van der Waals surface area contributed by atoms with Crippen LogP contribution in [0.15, 0.2) is 47.2 Å². The molecule has 0 aliphatic carbocycles. The van der Waals surface area contributed by atoms with Gasteiger partial charge in [0.25, 0.3) is 5.91 Å². The Bertz CT molecular complexity index is 1030. The van der Waals surface area contributed by atoms with Gasteiger partial charge >= 0.3 is 0 Å². The van der Waals surface area contributed by atoms with E-state index in [2.05, 4.69) is 11.9 Å². The summed E-state index contributed by atoms with van der Waals surface area (Å²) in [6.45, 7) is 2.25. The molecule has 8 heteroatoms. The van der Waals surface area contributed by atoms with Crippen molar-refractivity contribution in [1.82, 2.24) is 4.98 Å². The third kappa shape index (κ3) is 5.27. The van der Waals surface area contributed by atoms with Crippen molar-refractivity contribution in [2.45, 2.75) is 26.2 Å². The lowest BCUT2D eigenvalue weighted by atomic mass is 9.89. The number of primary amides is 1. The van der Waals surface area contributed by atoms with Crippen molar-refractivity contribution < 1.29 is 28.2 Å². The zero-order chi connectivity index (χ0) is 22.9. The SMILES string of the molecule is CCc1c(OCOC)cc(OCOC)c(-c2ccccc2)c1CCc1ocnc1C(N)=O. The first-order chi connectivity index (χ1) is 15.6. The van der Waals surface area contributed by atoms with E-state index in [1.54, 1.807) is 14.2 Å². The fraction of sp³-hybridized carbons (Fsp3) is 0.333. The largest absolute Gasteiger partial charge is 0.467 e. The Labute approximate surface area is 187 Å². The molecule has 32 heavy (non-hydrogen) atoms. The molecule has 0 bridgehead atoms. The van der Waals surface area contributed by atoms with Crippen LogP contribution in [0.2, 0.25) is 0 Å². The number of amides is 1. The summed E-state index contributed by atoms with van der Waals surface area (Å²) in [6.07, 6.45) is 2.94. The van der Waals surface area contributed by atoms with Crippen molar-refractivity contribution in [2.24, 2.45) is 5.73 Å². The Hall–Kier alpha value is -3.36. The maximum Gasteiger partial charge on any atom is 0.270 e. The highest BCUT2D eigenvalue weighted by atomic mass is 16.7. The molecule has 8 nitrogen and oxygen atoms in total. The summed E-state index contributed by atoms with van der Waals surface area (Å²) >= 11 is 0. The highest BCUT2D eigenvalue weighted by Gasteiger charge is 2.22. The van der Waals surface area contributed by atoms with Crippen LogP contribution >= 0.6 is 0 Å². The summed E-state index contributed by atoms with van der Waals surface area (Å²) < 4.78 is 27.5. The molecule has 1 heterocycles. The van der Waals surface area contributed by atoms with E-state index in [4.69, 9.17) is 29.1 Å². The molecule has 0 radical (unpaired) electrons. The number of carbonyl (C=O) groups excluding carboxylic acids is 1. The van der Waals surface area contributed by atoms with Gasteiger partial charge in [-0.2, -0.15) is 0 Å². The number of oxazole rings is 1. The van der Waals surface area contributed by atoms with E-state index in [9.17, 15) is 4.79 Å². The van der Waals surface area contributed by atoms with Gasteiger partial charge in [-0.25, -0.2) is 4.98 Å². The Morgan fingerprint density at radius 3 is 2.31 bits per heavy atom. The second kappa shape index (κ2) is 11.3. The zero-order valence-corrected chi connectivity index (χ0v) is 18.6. The van der Waals surface area contributed by atoms with Gasteiger partial charge in [0, 0.05) is 32.3 Å². The number of nitrogens with zero attached hydrogens (tertiary/aromatic N) is 1. The molecule has 2 N–H and O–H groups in total. The third-order valence-corrected chi connectivity index (χ3v) is 5.03. The van der Waals surface area contributed by atoms with Gasteiger partial charge in [0.2, 0.25) is 0 Å². The minimum Gasteiger partial charge on any atom is -0.467 e. The van der Waals surface area contributed by atoms with Gasteiger partial charge in [0.05, 0.1) is 0 Å². The molecule has 0 saturated carbocycles. The van der Waals surface area contributed by atoms with Crippen LogP contribution in [0.25, 0.3) is 11.1 Å². The first kappa shape index (κ1) is 23.3. The molecular formula is C24H28N2O6. The molecule has 0 aliphatic heterocycles. The van der Waals surface area contributed by atoms with E-state index in [1.165, 1.54) is 6.39 Å². The topological polar surface area (TPSA) is 106 Å². The lowest BCUT2D eigenvalue weighted by Gasteiger charge is -2.22. The van der Waals surface area contributed by atoms with Crippen molar-refractivity contribution in [3.05, 3.63) is 65.4 Å². The van der Waals surface area contributed by atoms with Crippen LogP contribution in [0.1, 0.15) is 34.3 Å². The van der Waals surface area contributed by atoms with Gasteiger partial charge in [-0.05, 0) is 29.5 Å². The second-order valence-electron chi connectivity index (χ2n) is 7.01. The molecule has 0 saturated heterocycles. The van der Waals surface area contributed by atoms with E-state index in [1.807, 2.05) is 36.4 Å². The van der Waals surface area contributed by atoms with Gasteiger partial charge in [-0.3, -0.25) is 4.79 Å². The number of ether oxygens (including phenoxy) is 4. The van der Waals surface area contributed by atoms with E-state index in [0.717, 1.165) is 28.7 Å². The number of aromatic nitrogens is 1. The normalized spacial score (nSPS) is 10.8. The molecule has 1 amide bonds. The number of aryl methyl sites for hydroxylation is 1. The van der Waals surface area contributed by atoms with Crippen LogP contribution in [0.5, 0.6) is 11.5 Å². The van der Waals surface area contributed by atoms with E-state index in [-0.39, 0.29) is 19.3 Å². The first-order valence-corrected chi connectivity index (χ1v) is 10.3. The number of hydrogen-bond donors (Lipinski definition) is 1. The van der Waals surface area contributed by atoms with Crippen molar-refractivity contribution in [1.29, 1.82) is 0 Å². The van der Waals surface area contributed by atoms with Crippen LogP contribution < -0.4 is 15.2 Å². The Morgan fingerprint density at radius 1 is 1.00 bits per heavy atom. The zero-order valence-electron chi connectivity index (χ0n) is 18.6. The first-order valence-electron chi connectivity index (χ1n) is 10.3. The summed E-state index contributed by atoms with van der Waals surface area (Å²) in [5.74, 6) is 1.13. The fourth-order valence-corrected chi connectivity index (χ4v) is 3.69. The quantitative estimate of drug-likeness (QED) is 0.428. The van der Waals surface area contributed by atoms with Gasteiger partial charge in [-0.15, -0.1) is 0 Å². The van der Waals surface area contributed by atoms with Crippen molar-refractivity contribution in [3.63, 3.8) is 0 Å². The van der Waals surface area contributed by atoms with Gasteiger partial charge in [0.15, 0.2) is 25.7 Å². The van der Waals surface area contributed by atoms with Crippen molar-refractivity contribution in [2.75, 3.05) is 27.8 Å². The molecule has 3 rings (SSSR count). The number of methoxy groups -OCH3 is 2. The predicted molar refractivity (Wildman–Crippen MR) is 119 cm³/mol. The van der Waals surface area contributed by atoms with Crippen LogP contribution in [-0.4, -0.2) is 38.7 Å². The summed E-state index contributed by atoms with van der Waals surface area (Å²) in [6, 6.07) is 11.8. The van der Waals surface area contributed by atoms with Gasteiger partial charge < -0.3 is 29.1 Å². The minimum atomic E-state index is -0.617. The Kier molecular flexibility index (Phi) is 8.24. The number of benzene rings is 2. The van der Waals surface area contributed by atoms with Crippen molar-refractivity contribution >= 4 is 5.91 Å². The number of rotatable bonds is 12. The predicted octanol–water partition coefficient (Wildman–Crippen LogP) is 3.75. The fourth-order valence-electron chi connectivity index (χ4n) is 3.69. The van der Waals surface area contributed by atoms with Crippen LogP contribution in [0, 0.1) is 0 Å². The van der Waals surface area contributed by atoms with E-state index in [0.29, 0.717) is 30.1 Å². The molecular weight excluding hydrogens is 412 g/mol. The van der Waals surface area contributed by atoms with Crippen molar-refractivity contribution in [3.8, 4) is 22.6 Å². The molecule has 3 aromatic rings. The van der Waals surface area contributed by atoms with Crippen LogP contribution in [0.4, 0.5) is 0 Å². The van der Waals surface area contributed by atoms with Gasteiger partial charge in [-0.1, -0.05) is 37.3 Å². The maximum atomic E-state index is 11.7. The highest BCUT2D eigenvalue weighted by Crippen LogP contribution is 2.41. The molecule has 0 spiro atoms. The maximum absolute atomic E-state index is 11.7. The standard InChI is InChI=1S/C24H28N2O6/c1-4-17-18(10-11-19-23(24(25)27)26-13-30-19)22(16-8-6-5-7-9-16)21(32-15-29-3)12-20(17)31-14-28-2/h5-9,12-13H,4,10-11,14-15H2,1-3H3,(H2,25,27). The smallest absolute Gasteiger partial charge is 0.270 e. The average Bonchev–Trinajstić information content (AvgIpc) is 3.29. The Morgan fingerprint density at radius 2 is 1.69 bits per heavy atom. The number of carbonyl (C=O) groups is 1. The number of hydrogen-bond acceptors (Lipinski definition) is 7. The van der Waals surface area contributed by atoms with Gasteiger partial charge in [0.1, 0.15) is 17.3 Å². The van der Waals surface area contributed by atoms with Crippen LogP contribution in [-0.2, 0) is 28.7 Å². The summed E-state index contributed by atoms with van der Waals surface area (Å²) in [5, 5.41) is 0. The second-order valence-corrected chi connectivity index (χ2v) is 7.01. The molecule has 0 fully saturated rings. The van der Waals surface area contributed by atoms with E-state index >= 15 is 0 Å². The molecule has 0 aliphatic rings. The molecule has 170 valence electrons.